The second kappa shape index (κ2) is 15.0. The van der Waals surface area contributed by atoms with Gasteiger partial charge in [-0.05, 0) is 68.9 Å². The van der Waals surface area contributed by atoms with E-state index in [4.69, 9.17) is 0 Å². The van der Waals surface area contributed by atoms with Gasteiger partial charge in [0.2, 0.25) is 21.8 Å². The first kappa shape index (κ1) is 32.9. The van der Waals surface area contributed by atoms with E-state index in [9.17, 15) is 18.0 Å². The highest BCUT2D eigenvalue weighted by atomic mass is 32.2. The van der Waals surface area contributed by atoms with Gasteiger partial charge in [0.1, 0.15) is 6.04 Å². The number of carbonyl (C=O) groups is 2. The lowest BCUT2D eigenvalue weighted by Gasteiger charge is -2.33. The normalized spacial score (nSPS) is 12.8. The highest BCUT2D eigenvalue weighted by Gasteiger charge is 2.31. The molecule has 0 fully saturated rings. The molecule has 2 unspecified atom stereocenters. The van der Waals surface area contributed by atoms with E-state index in [0.717, 1.165) is 34.2 Å². The lowest BCUT2D eigenvalue weighted by atomic mass is 10.0. The first-order valence-electron chi connectivity index (χ1n) is 14.6. The number of rotatable bonds is 14. The van der Waals surface area contributed by atoms with Crippen molar-refractivity contribution >= 4 is 27.5 Å². The molecule has 0 heterocycles. The zero-order chi connectivity index (χ0) is 30.9. The van der Waals surface area contributed by atoms with Crippen molar-refractivity contribution < 1.29 is 18.0 Å². The molecule has 1 N–H and O–H groups in total. The van der Waals surface area contributed by atoms with Crippen LogP contribution < -0.4 is 9.62 Å². The van der Waals surface area contributed by atoms with Gasteiger partial charge in [0, 0.05) is 32.0 Å². The Morgan fingerprint density at radius 1 is 0.881 bits per heavy atom. The van der Waals surface area contributed by atoms with Crippen LogP contribution in [0.15, 0.2) is 72.8 Å². The molecular weight excluding hydrogens is 546 g/mol. The Bertz CT molecular complexity index is 1440. The van der Waals surface area contributed by atoms with Crippen LogP contribution in [0.2, 0.25) is 0 Å². The zero-order valence-electron chi connectivity index (χ0n) is 25.8. The number of hydrogen-bond donors (Lipinski definition) is 1. The minimum absolute atomic E-state index is 0.0343. The summed E-state index contributed by atoms with van der Waals surface area (Å²) in [4.78, 5) is 29.3. The van der Waals surface area contributed by atoms with Crippen molar-refractivity contribution in [1.29, 1.82) is 0 Å². The first-order valence-corrected chi connectivity index (χ1v) is 16.5. The highest BCUT2D eigenvalue weighted by Crippen LogP contribution is 2.25. The molecule has 2 amide bonds. The fourth-order valence-corrected chi connectivity index (χ4v) is 5.87. The Balaban J connectivity index is 1.90. The Morgan fingerprint density at radius 3 is 2.14 bits per heavy atom. The van der Waals surface area contributed by atoms with Crippen LogP contribution >= 0.6 is 0 Å². The molecule has 42 heavy (non-hydrogen) atoms. The van der Waals surface area contributed by atoms with Crippen molar-refractivity contribution in [3.8, 4) is 0 Å². The molecule has 0 spiro atoms. The van der Waals surface area contributed by atoms with Crippen molar-refractivity contribution in [3.63, 3.8) is 0 Å². The van der Waals surface area contributed by atoms with E-state index in [2.05, 4.69) is 5.32 Å². The van der Waals surface area contributed by atoms with Crippen molar-refractivity contribution in [1.82, 2.24) is 10.2 Å². The molecule has 0 aliphatic rings. The van der Waals surface area contributed by atoms with Gasteiger partial charge >= 0.3 is 0 Å². The average molecular weight is 592 g/mol. The topological polar surface area (TPSA) is 86.8 Å². The van der Waals surface area contributed by atoms with Crippen LogP contribution in [0.4, 0.5) is 5.69 Å². The van der Waals surface area contributed by atoms with E-state index in [0.29, 0.717) is 18.5 Å². The summed E-state index contributed by atoms with van der Waals surface area (Å²) >= 11 is 0. The fraction of sp³-hybridized carbons (Fsp3) is 0.412. The van der Waals surface area contributed by atoms with E-state index in [1.807, 2.05) is 107 Å². The molecule has 0 aliphatic heterocycles. The number of nitrogens with zero attached hydrogens (tertiary/aromatic N) is 2. The Labute approximate surface area is 252 Å². The molecule has 3 aromatic rings. The molecule has 0 bridgehead atoms. The van der Waals surface area contributed by atoms with E-state index < -0.39 is 16.1 Å². The maximum atomic E-state index is 14.0. The summed E-state index contributed by atoms with van der Waals surface area (Å²) in [5.41, 5.74) is 5.43. The van der Waals surface area contributed by atoms with Crippen LogP contribution in [0.5, 0.6) is 0 Å². The fourth-order valence-electron chi connectivity index (χ4n) is 4.86. The number of anilines is 1. The smallest absolute Gasteiger partial charge is 0.243 e. The average Bonchev–Trinajstić information content (AvgIpc) is 2.95. The van der Waals surface area contributed by atoms with E-state index in [-0.39, 0.29) is 37.4 Å². The SMILES string of the molecule is CCC(C)NC(=O)C(Cc1ccccc1)N(Cc1ccc(C)cc1)C(=O)CCCN(c1cc(C)ccc1C)S(C)(=O)=O. The standard InChI is InChI=1S/C34H45N3O4S/c1-7-28(5)35-34(39)32(23-29-12-9-8-10-13-29)36(24-30-19-16-25(2)17-20-30)33(38)14-11-21-37(42(6,40)41)31-22-26(3)15-18-27(31)4/h8-10,12-13,15-20,22,28,32H,7,11,14,21,23-24H2,1-6H3,(H,35,39). The molecule has 8 heteroatoms. The minimum atomic E-state index is -3.57. The molecule has 3 rings (SSSR count). The summed E-state index contributed by atoms with van der Waals surface area (Å²) in [5, 5.41) is 3.09. The third-order valence-electron chi connectivity index (χ3n) is 7.53. The third-order valence-corrected chi connectivity index (χ3v) is 8.71. The number of amides is 2. The summed E-state index contributed by atoms with van der Waals surface area (Å²) in [5.74, 6) is -0.382. The van der Waals surface area contributed by atoms with Crippen molar-refractivity contribution in [2.75, 3.05) is 17.1 Å². The summed E-state index contributed by atoms with van der Waals surface area (Å²) in [7, 11) is -3.57. The van der Waals surface area contributed by atoms with Gasteiger partial charge in [0.25, 0.3) is 0 Å². The Kier molecular flexibility index (Phi) is 11.7. The molecule has 2 atom stereocenters. The number of nitrogens with one attached hydrogen (secondary N) is 1. The highest BCUT2D eigenvalue weighted by molar-refractivity contribution is 7.92. The molecule has 0 radical (unpaired) electrons. The number of sulfonamides is 1. The molecule has 3 aromatic carbocycles. The second-order valence-corrected chi connectivity index (χ2v) is 13.2. The van der Waals surface area contributed by atoms with E-state index >= 15 is 0 Å². The van der Waals surface area contributed by atoms with Crippen LogP contribution in [0, 0.1) is 20.8 Å². The van der Waals surface area contributed by atoms with Gasteiger partial charge in [-0.15, -0.1) is 0 Å². The van der Waals surface area contributed by atoms with Crippen LogP contribution in [-0.4, -0.2) is 50.0 Å². The molecule has 0 saturated carbocycles. The van der Waals surface area contributed by atoms with Crippen LogP contribution in [0.3, 0.4) is 0 Å². The van der Waals surface area contributed by atoms with Crippen LogP contribution in [-0.2, 0) is 32.6 Å². The van der Waals surface area contributed by atoms with Crippen molar-refractivity contribution in [2.45, 2.75) is 78.9 Å². The zero-order valence-corrected chi connectivity index (χ0v) is 26.6. The van der Waals surface area contributed by atoms with Crippen LogP contribution in [0.25, 0.3) is 0 Å². The van der Waals surface area contributed by atoms with Gasteiger partial charge in [0.15, 0.2) is 0 Å². The Morgan fingerprint density at radius 2 is 1.52 bits per heavy atom. The predicted molar refractivity (Wildman–Crippen MR) is 171 cm³/mol. The summed E-state index contributed by atoms with van der Waals surface area (Å²) in [6.07, 6.45) is 2.75. The summed E-state index contributed by atoms with van der Waals surface area (Å²) < 4.78 is 26.9. The van der Waals surface area contributed by atoms with Gasteiger partial charge < -0.3 is 10.2 Å². The maximum Gasteiger partial charge on any atom is 0.243 e. The predicted octanol–water partition coefficient (Wildman–Crippen LogP) is 5.71. The number of benzene rings is 3. The van der Waals surface area contributed by atoms with Crippen molar-refractivity contribution in [3.05, 3.63) is 101 Å². The molecule has 7 nitrogen and oxygen atoms in total. The summed E-state index contributed by atoms with van der Waals surface area (Å²) in [6, 6.07) is 22.6. The maximum absolute atomic E-state index is 14.0. The second-order valence-electron chi connectivity index (χ2n) is 11.3. The summed E-state index contributed by atoms with van der Waals surface area (Å²) in [6.45, 7) is 10.2. The van der Waals surface area contributed by atoms with Gasteiger partial charge in [-0.1, -0.05) is 79.2 Å². The van der Waals surface area contributed by atoms with Gasteiger partial charge in [0.05, 0.1) is 11.9 Å². The van der Waals surface area contributed by atoms with E-state index in [1.165, 1.54) is 10.6 Å². The molecule has 0 saturated heterocycles. The van der Waals surface area contributed by atoms with E-state index in [1.54, 1.807) is 4.90 Å². The molecular formula is C34H45N3O4S. The number of carbonyl (C=O) groups excluding carboxylic acids is 2. The monoisotopic (exact) mass is 591 g/mol. The molecule has 226 valence electrons. The molecule has 0 aliphatic carbocycles. The van der Waals surface area contributed by atoms with Gasteiger partial charge in [-0.2, -0.15) is 0 Å². The number of aryl methyl sites for hydroxylation is 3. The quantitative estimate of drug-likeness (QED) is 0.260. The minimum Gasteiger partial charge on any atom is -0.352 e. The van der Waals surface area contributed by atoms with Crippen LogP contribution in [0.1, 0.15) is 60.9 Å². The lowest BCUT2D eigenvalue weighted by Crippen LogP contribution is -2.52. The third kappa shape index (κ3) is 9.44. The first-order chi connectivity index (χ1) is 19.9. The molecule has 0 aromatic heterocycles. The largest absolute Gasteiger partial charge is 0.352 e. The van der Waals surface area contributed by atoms with Crippen molar-refractivity contribution in [2.24, 2.45) is 0 Å². The number of hydrogen-bond acceptors (Lipinski definition) is 4. The lowest BCUT2D eigenvalue weighted by molar-refractivity contribution is -0.141. The van der Waals surface area contributed by atoms with Gasteiger partial charge in [-0.3, -0.25) is 13.9 Å². The Hall–Kier alpha value is -3.65. The van der Waals surface area contributed by atoms with Gasteiger partial charge in [-0.25, -0.2) is 8.42 Å².